The predicted molar refractivity (Wildman–Crippen MR) is 118 cm³/mol. The zero-order valence-corrected chi connectivity index (χ0v) is 21.5. The first-order valence-corrected chi connectivity index (χ1v) is 12.9. The van der Waals surface area contributed by atoms with Gasteiger partial charge in [-0.1, -0.05) is 0 Å². The number of carbonyl (C=O) groups excluding carboxylic acids is 2. The minimum atomic E-state index is -6.61. The number of alkyl halides is 4. The van der Waals surface area contributed by atoms with E-state index in [1.165, 1.54) is 0 Å². The monoisotopic (exact) mass is 721 g/mol. The first-order chi connectivity index (χ1) is 15.1. The Hall–Kier alpha value is -0.950. The van der Waals surface area contributed by atoms with E-state index in [4.69, 9.17) is 9.47 Å². The maximum atomic E-state index is 13.5. The van der Waals surface area contributed by atoms with Gasteiger partial charge in [0.2, 0.25) is 0 Å². The quantitative estimate of drug-likeness (QED) is 0.187. The molecule has 3 rings (SSSR count). The van der Waals surface area contributed by atoms with Gasteiger partial charge in [0.15, 0.2) is 10.1 Å². The van der Waals surface area contributed by atoms with Gasteiger partial charge in [-0.15, -0.1) is 0 Å². The van der Waals surface area contributed by atoms with Crippen LogP contribution in [0.2, 0.25) is 0 Å². The van der Waals surface area contributed by atoms with Gasteiger partial charge < -0.3 is 18.8 Å². The van der Waals surface area contributed by atoms with E-state index in [0.29, 0.717) is 5.75 Å². The van der Waals surface area contributed by atoms with Gasteiger partial charge in [0.1, 0.15) is 11.3 Å². The molecular weight excluding hydrogens is 706 g/mol. The molecule has 1 spiro atoms. The van der Waals surface area contributed by atoms with Crippen molar-refractivity contribution in [1.82, 2.24) is 0 Å². The highest BCUT2D eigenvalue weighted by Gasteiger charge is 2.61. The maximum Gasteiger partial charge on any atom is 0.396 e. The molecule has 0 amide bonds. The Morgan fingerprint density at radius 3 is 2.30 bits per heavy atom. The molecule has 0 radical (unpaired) electrons. The maximum absolute atomic E-state index is 13.5. The summed E-state index contributed by atoms with van der Waals surface area (Å²) in [7, 11) is -6.61. The molecule has 184 valence electrons. The molecule has 1 aliphatic heterocycles. The summed E-state index contributed by atoms with van der Waals surface area (Å²) in [5, 5.41) is -5.84. The Morgan fingerprint density at radius 1 is 1.15 bits per heavy atom. The largest absolute Gasteiger partial charge is 0.743 e. The third kappa shape index (κ3) is 5.34. The standard InChI is InChI=1S/C18H16F4I2O8S/c19-17(20,18(21,22)33(27,28)29)5-6-30-14(25)9-1-3-16(4-2-9)31-13-8-12(24)11(23)7-10(13)15(26)32-16/h7-9H,1-6H2,(H,27,28,29)/p-1. The predicted octanol–water partition coefficient (Wildman–Crippen LogP) is 4.04. The topological polar surface area (TPSA) is 119 Å². The molecule has 1 aromatic rings. The molecule has 1 heterocycles. The van der Waals surface area contributed by atoms with Crippen LogP contribution in [0.3, 0.4) is 0 Å². The first-order valence-electron chi connectivity index (χ1n) is 9.38. The van der Waals surface area contributed by atoms with Gasteiger partial charge in [0.25, 0.3) is 5.79 Å². The number of benzene rings is 1. The number of ether oxygens (including phenoxy) is 3. The van der Waals surface area contributed by atoms with Gasteiger partial charge >= 0.3 is 23.1 Å². The average molecular weight is 721 g/mol. The second-order valence-electron chi connectivity index (χ2n) is 7.53. The fourth-order valence-electron chi connectivity index (χ4n) is 3.44. The van der Waals surface area contributed by atoms with Crippen LogP contribution in [0.4, 0.5) is 17.6 Å². The summed E-state index contributed by atoms with van der Waals surface area (Å²) in [6, 6.07) is 3.32. The zero-order valence-electron chi connectivity index (χ0n) is 16.4. The molecule has 0 N–H and O–H groups in total. The van der Waals surface area contributed by atoms with E-state index in [1.54, 1.807) is 12.1 Å². The Balaban J connectivity index is 1.56. The summed E-state index contributed by atoms with van der Waals surface area (Å²) < 4.78 is 102. The van der Waals surface area contributed by atoms with Crippen molar-refractivity contribution in [2.45, 2.75) is 49.1 Å². The molecule has 1 aliphatic carbocycles. The first kappa shape index (κ1) is 26.7. The number of fused-ring (bicyclic) bond motifs is 1. The molecule has 15 heteroatoms. The molecule has 0 atom stereocenters. The van der Waals surface area contributed by atoms with Crippen molar-refractivity contribution in [2.24, 2.45) is 5.92 Å². The summed E-state index contributed by atoms with van der Waals surface area (Å²) in [6.07, 6.45) is -1.44. The second-order valence-corrected chi connectivity index (χ2v) is 11.3. The lowest BCUT2D eigenvalue weighted by molar-refractivity contribution is -0.187. The lowest BCUT2D eigenvalue weighted by Gasteiger charge is -2.41. The lowest BCUT2D eigenvalue weighted by Crippen LogP contribution is -2.48. The number of hydrogen-bond donors (Lipinski definition) is 0. The highest BCUT2D eigenvalue weighted by Crippen LogP contribution is 2.43. The Kier molecular flexibility index (Phi) is 7.47. The number of halogens is 6. The number of hydrogen-bond acceptors (Lipinski definition) is 8. The number of carbonyl (C=O) groups is 2. The summed E-state index contributed by atoms with van der Waals surface area (Å²) in [4.78, 5) is 24.6. The molecule has 0 unspecified atom stereocenters. The van der Waals surface area contributed by atoms with Crippen molar-refractivity contribution in [1.29, 1.82) is 0 Å². The molecule has 1 aromatic carbocycles. The number of rotatable bonds is 6. The smallest absolute Gasteiger partial charge is 0.396 e. The van der Waals surface area contributed by atoms with Crippen LogP contribution in [-0.4, -0.2) is 48.5 Å². The van der Waals surface area contributed by atoms with E-state index < -0.39 is 58.0 Å². The van der Waals surface area contributed by atoms with Gasteiger partial charge in [0.05, 0.1) is 18.9 Å². The highest BCUT2D eigenvalue weighted by atomic mass is 127. The Labute approximate surface area is 212 Å². The molecule has 8 nitrogen and oxygen atoms in total. The average Bonchev–Trinajstić information content (AvgIpc) is 2.69. The van der Waals surface area contributed by atoms with Crippen LogP contribution in [0.15, 0.2) is 12.1 Å². The lowest BCUT2D eigenvalue weighted by atomic mass is 9.84. The highest BCUT2D eigenvalue weighted by molar-refractivity contribution is 14.1. The summed E-state index contributed by atoms with van der Waals surface area (Å²) >= 11 is 4.15. The minimum Gasteiger partial charge on any atom is -0.743 e. The van der Waals surface area contributed by atoms with Crippen LogP contribution < -0.4 is 4.74 Å². The van der Waals surface area contributed by atoms with E-state index in [1.807, 2.05) is 0 Å². The minimum absolute atomic E-state index is 0.100. The SMILES string of the molecule is O=C1OC2(CCC(C(=O)OCCC(F)(F)C(F)(F)S(=O)(=O)[O-])CC2)Oc2cc(I)c(I)cc21. The second kappa shape index (κ2) is 9.25. The zero-order chi connectivity index (χ0) is 24.8. The van der Waals surface area contributed by atoms with Crippen LogP contribution in [0.5, 0.6) is 5.75 Å². The van der Waals surface area contributed by atoms with Gasteiger partial charge in [-0.2, -0.15) is 17.6 Å². The van der Waals surface area contributed by atoms with Crippen LogP contribution in [0, 0.1) is 13.1 Å². The van der Waals surface area contributed by atoms with Crippen molar-refractivity contribution in [3.63, 3.8) is 0 Å². The molecule has 0 saturated heterocycles. The van der Waals surface area contributed by atoms with Gasteiger partial charge in [-0.05, 0) is 70.2 Å². The number of esters is 2. The Morgan fingerprint density at radius 2 is 1.73 bits per heavy atom. The van der Waals surface area contributed by atoms with Crippen molar-refractivity contribution in [2.75, 3.05) is 6.61 Å². The fraction of sp³-hybridized carbons (Fsp3) is 0.556. The Bertz CT molecular complexity index is 1070. The van der Waals surface area contributed by atoms with Crippen LogP contribution in [0.25, 0.3) is 0 Å². The van der Waals surface area contributed by atoms with Gasteiger partial charge in [-0.3, -0.25) is 4.79 Å². The molecular formula is C18H15F4I2O8S-. The van der Waals surface area contributed by atoms with Crippen LogP contribution in [0.1, 0.15) is 42.5 Å². The van der Waals surface area contributed by atoms with Crippen molar-refractivity contribution < 1.29 is 54.3 Å². The van der Waals surface area contributed by atoms with E-state index in [-0.39, 0.29) is 31.2 Å². The molecule has 1 fully saturated rings. The third-order valence-corrected chi connectivity index (χ3v) is 9.04. The fourth-order valence-corrected chi connectivity index (χ4v) is 4.81. The van der Waals surface area contributed by atoms with E-state index >= 15 is 0 Å². The molecule has 1 saturated carbocycles. The summed E-state index contributed by atoms with van der Waals surface area (Å²) in [6.45, 7) is -1.21. The normalized spacial score (nSPS) is 23.5. The van der Waals surface area contributed by atoms with E-state index in [2.05, 4.69) is 49.9 Å². The molecule has 0 bridgehead atoms. The van der Waals surface area contributed by atoms with Crippen molar-refractivity contribution in [3.05, 3.63) is 24.8 Å². The van der Waals surface area contributed by atoms with E-state index in [0.717, 1.165) is 7.14 Å². The molecule has 2 aliphatic rings. The summed E-state index contributed by atoms with van der Waals surface area (Å²) in [5.74, 6) is -8.50. The molecule has 33 heavy (non-hydrogen) atoms. The van der Waals surface area contributed by atoms with E-state index in [9.17, 15) is 40.1 Å². The van der Waals surface area contributed by atoms with Crippen molar-refractivity contribution >= 4 is 67.2 Å². The third-order valence-electron chi connectivity index (χ3n) is 5.30. The van der Waals surface area contributed by atoms with Gasteiger partial charge in [0, 0.05) is 20.0 Å². The van der Waals surface area contributed by atoms with Gasteiger partial charge in [-0.25, -0.2) is 13.2 Å². The summed E-state index contributed by atoms with van der Waals surface area (Å²) in [5.41, 5.74) is 0.268. The van der Waals surface area contributed by atoms with Crippen LogP contribution in [-0.2, 0) is 24.4 Å². The van der Waals surface area contributed by atoms with Crippen LogP contribution >= 0.6 is 45.2 Å². The molecule has 0 aromatic heterocycles. The van der Waals surface area contributed by atoms with Crippen molar-refractivity contribution in [3.8, 4) is 5.75 Å².